The highest BCUT2D eigenvalue weighted by molar-refractivity contribution is 5.94. The number of methoxy groups -OCH3 is 1. The van der Waals surface area contributed by atoms with E-state index in [0.717, 1.165) is 35.9 Å². The van der Waals surface area contributed by atoms with Crippen molar-refractivity contribution in [2.24, 2.45) is 5.92 Å². The number of esters is 1. The van der Waals surface area contributed by atoms with E-state index >= 15 is 0 Å². The number of rotatable bonds is 10. The fourth-order valence-electron chi connectivity index (χ4n) is 3.90. The highest BCUT2D eigenvalue weighted by Gasteiger charge is 2.24. The first-order valence-corrected chi connectivity index (χ1v) is 11.5. The van der Waals surface area contributed by atoms with Crippen LogP contribution in [0.2, 0.25) is 0 Å². The number of carbonyl (C=O) groups excluding carboxylic acids is 2. The summed E-state index contributed by atoms with van der Waals surface area (Å²) in [6.45, 7) is 3.71. The number of hydrogen-bond acceptors (Lipinski definition) is 4. The average Bonchev–Trinajstić information content (AvgIpc) is 2.85. The number of hydrogen-bond donors (Lipinski definition) is 1. The molecule has 184 valence electrons. The third kappa shape index (κ3) is 6.88. The molecular formula is C28H29F2NO4. The molecule has 1 unspecified atom stereocenters. The molecule has 0 aliphatic carbocycles. The molecule has 0 radical (unpaired) electrons. The summed E-state index contributed by atoms with van der Waals surface area (Å²) < 4.78 is 38.0. The summed E-state index contributed by atoms with van der Waals surface area (Å²) in [6, 6.07) is 19.2. The summed E-state index contributed by atoms with van der Waals surface area (Å²) in [5.41, 5.74) is 2.91. The third-order valence-corrected chi connectivity index (χ3v) is 5.67. The maximum absolute atomic E-state index is 14.1. The Kier molecular flexibility index (Phi) is 8.95. The van der Waals surface area contributed by atoms with Gasteiger partial charge in [0.25, 0.3) is 5.91 Å². The Hall–Kier alpha value is -3.74. The molecule has 0 saturated heterocycles. The number of amides is 1. The van der Waals surface area contributed by atoms with E-state index < -0.39 is 35.3 Å². The van der Waals surface area contributed by atoms with Gasteiger partial charge in [0, 0.05) is 11.6 Å². The van der Waals surface area contributed by atoms with Crippen molar-refractivity contribution in [2.45, 2.75) is 32.7 Å². The van der Waals surface area contributed by atoms with E-state index in [9.17, 15) is 18.4 Å². The molecule has 0 spiro atoms. The number of carbonyl (C=O) groups is 2. The van der Waals surface area contributed by atoms with Gasteiger partial charge in [0.05, 0.1) is 19.6 Å². The van der Waals surface area contributed by atoms with Gasteiger partial charge >= 0.3 is 5.97 Å². The molecule has 3 rings (SSSR count). The van der Waals surface area contributed by atoms with Gasteiger partial charge in [-0.1, -0.05) is 61.5 Å². The molecule has 35 heavy (non-hydrogen) atoms. The molecule has 0 bridgehead atoms. The van der Waals surface area contributed by atoms with Crippen molar-refractivity contribution in [3.05, 3.63) is 89.5 Å². The van der Waals surface area contributed by atoms with E-state index in [1.54, 1.807) is 13.8 Å². The van der Waals surface area contributed by atoms with Gasteiger partial charge in [0.15, 0.2) is 17.4 Å². The molecule has 7 heteroatoms. The van der Waals surface area contributed by atoms with E-state index in [1.165, 1.54) is 0 Å². The molecule has 0 aromatic heterocycles. The Morgan fingerprint density at radius 3 is 2.11 bits per heavy atom. The van der Waals surface area contributed by atoms with Gasteiger partial charge < -0.3 is 14.8 Å². The van der Waals surface area contributed by atoms with Crippen molar-refractivity contribution in [2.75, 3.05) is 13.7 Å². The molecule has 5 nitrogen and oxygen atoms in total. The number of benzene rings is 3. The Bertz CT molecular complexity index is 1130. The molecule has 0 fully saturated rings. The monoisotopic (exact) mass is 481 g/mol. The van der Waals surface area contributed by atoms with Crippen molar-refractivity contribution in [3.63, 3.8) is 0 Å². The third-order valence-electron chi connectivity index (χ3n) is 5.67. The summed E-state index contributed by atoms with van der Waals surface area (Å²) in [5.74, 6) is -3.97. The maximum atomic E-state index is 14.1. The van der Waals surface area contributed by atoms with E-state index in [4.69, 9.17) is 4.74 Å². The van der Waals surface area contributed by atoms with E-state index in [1.807, 2.05) is 54.6 Å². The predicted molar refractivity (Wildman–Crippen MR) is 130 cm³/mol. The largest absolute Gasteiger partial charge is 0.491 e. The second kappa shape index (κ2) is 12.1. The zero-order valence-electron chi connectivity index (χ0n) is 20.0. The van der Waals surface area contributed by atoms with Gasteiger partial charge in [0.2, 0.25) is 0 Å². The van der Waals surface area contributed by atoms with Crippen molar-refractivity contribution < 1.29 is 27.8 Å². The van der Waals surface area contributed by atoms with Gasteiger partial charge in [-0.05, 0) is 48.6 Å². The van der Waals surface area contributed by atoms with Gasteiger partial charge in [-0.15, -0.1) is 0 Å². The van der Waals surface area contributed by atoms with Crippen LogP contribution in [-0.2, 0) is 16.0 Å². The smallest absolute Gasteiger partial charge is 0.308 e. The lowest BCUT2D eigenvalue weighted by atomic mass is 9.94. The SMILES string of the molecule is CCOC(=O)[C@H](C)CC(Cc1ccc(-c2ccccc2)cc1)NC(=O)c1cc(F)c(OC)c(F)c1. The van der Waals surface area contributed by atoms with Crippen molar-refractivity contribution >= 4 is 11.9 Å². The van der Waals surface area contributed by atoms with Gasteiger partial charge in [0.1, 0.15) is 0 Å². The Balaban J connectivity index is 1.79. The van der Waals surface area contributed by atoms with Crippen LogP contribution in [-0.4, -0.2) is 31.6 Å². The maximum Gasteiger partial charge on any atom is 0.308 e. The lowest BCUT2D eigenvalue weighted by Crippen LogP contribution is -2.39. The van der Waals surface area contributed by atoms with Crippen LogP contribution >= 0.6 is 0 Å². The number of ether oxygens (including phenoxy) is 2. The van der Waals surface area contributed by atoms with Crippen molar-refractivity contribution in [1.82, 2.24) is 5.32 Å². The quantitative estimate of drug-likeness (QED) is 0.385. The fourth-order valence-corrected chi connectivity index (χ4v) is 3.90. The molecule has 0 aliphatic rings. The molecular weight excluding hydrogens is 452 g/mol. The first-order valence-electron chi connectivity index (χ1n) is 11.5. The molecule has 2 atom stereocenters. The molecule has 0 aliphatic heterocycles. The summed E-state index contributed by atoms with van der Waals surface area (Å²) in [5, 5.41) is 2.83. The Morgan fingerprint density at radius 1 is 0.943 bits per heavy atom. The molecule has 3 aromatic carbocycles. The topological polar surface area (TPSA) is 64.6 Å². The van der Waals surface area contributed by atoms with Crippen LogP contribution in [0.1, 0.15) is 36.2 Å². The molecule has 1 amide bonds. The van der Waals surface area contributed by atoms with Crippen LogP contribution in [0.25, 0.3) is 11.1 Å². The van der Waals surface area contributed by atoms with Crippen LogP contribution < -0.4 is 10.1 Å². The van der Waals surface area contributed by atoms with Gasteiger partial charge in [-0.25, -0.2) is 8.78 Å². The molecule has 1 N–H and O–H groups in total. The van der Waals surface area contributed by atoms with Gasteiger partial charge in [-0.2, -0.15) is 0 Å². The van der Waals surface area contributed by atoms with Crippen LogP contribution in [0.5, 0.6) is 5.75 Å². The van der Waals surface area contributed by atoms with Crippen LogP contribution in [0.4, 0.5) is 8.78 Å². The first-order chi connectivity index (χ1) is 16.8. The average molecular weight is 482 g/mol. The Labute approximate surface area is 204 Å². The lowest BCUT2D eigenvalue weighted by Gasteiger charge is -2.22. The molecule has 0 saturated carbocycles. The Morgan fingerprint density at radius 2 is 1.54 bits per heavy atom. The van der Waals surface area contributed by atoms with E-state index in [0.29, 0.717) is 12.8 Å². The lowest BCUT2D eigenvalue weighted by molar-refractivity contribution is -0.147. The minimum atomic E-state index is -0.967. The highest BCUT2D eigenvalue weighted by Crippen LogP contribution is 2.24. The molecule has 0 heterocycles. The predicted octanol–water partition coefficient (Wildman–Crippen LogP) is 5.57. The van der Waals surface area contributed by atoms with Crippen LogP contribution in [0.3, 0.4) is 0 Å². The number of nitrogens with one attached hydrogen (secondary N) is 1. The summed E-state index contributed by atoms with van der Waals surface area (Å²) in [7, 11) is 1.15. The minimum Gasteiger partial charge on any atom is -0.491 e. The van der Waals surface area contributed by atoms with E-state index in [2.05, 4.69) is 10.1 Å². The fraction of sp³-hybridized carbons (Fsp3) is 0.286. The first kappa shape index (κ1) is 25.9. The summed E-state index contributed by atoms with van der Waals surface area (Å²) >= 11 is 0. The second-order valence-electron chi connectivity index (χ2n) is 8.30. The highest BCUT2D eigenvalue weighted by atomic mass is 19.1. The van der Waals surface area contributed by atoms with Crippen LogP contribution in [0, 0.1) is 17.6 Å². The van der Waals surface area contributed by atoms with Crippen molar-refractivity contribution in [1.29, 1.82) is 0 Å². The van der Waals surface area contributed by atoms with E-state index in [-0.39, 0.29) is 18.1 Å². The molecule has 3 aromatic rings. The van der Waals surface area contributed by atoms with Crippen molar-refractivity contribution in [3.8, 4) is 16.9 Å². The minimum absolute atomic E-state index is 0.172. The summed E-state index contributed by atoms with van der Waals surface area (Å²) in [4.78, 5) is 25.1. The zero-order chi connectivity index (χ0) is 25.4. The van der Waals surface area contributed by atoms with Crippen LogP contribution in [0.15, 0.2) is 66.7 Å². The number of halogens is 2. The standard InChI is InChI=1S/C28H29F2NO4/c1-4-35-28(33)18(2)14-23(31-27(32)22-16-24(29)26(34-3)25(30)17-22)15-19-10-12-21(13-11-19)20-8-6-5-7-9-20/h5-13,16-18,23H,4,14-15H2,1-3H3,(H,31,32)/t18-,23?/m1/s1. The summed E-state index contributed by atoms with van der Waals surface area (Å²) in [6.07, 6.45) is 0.720. The second-order valence-corrected chi connectivity index (χ2v) is 8.30. The zero-order valence-corrected chi connectivity index (χ0v) is 20.0. The van der Waals surface area contributed by atoms with Gasteiger partial charge in [-0.3, -0.25) is 9.59 Å². The normalized spacial score (nSPS) is 12.5.